The lowest BCUT2D eigenvalue weighted by molar-refractivity contribution is 0.149. The lowest BCUT2D eigenvalue weighted by Crippen LogP contribution is -2.32. The molecule has 0 aromatic heterocycles. The summed E-state index contributed by atoms with van der Waals surface area (Å²) < 4.78 is 0. The van der Waals surface area contributed by atoms with Crippen LogP contribution in [0.2, 0.25) is 0 Å². The number of hydrogen-bond donors (Lipinski definition) is 0. The molecule has 0 N–H and O–H groups in total. The second-order valence-electron chi connectivity index (χ2n) is 9.51. The summed E-state index contributed by atoms with van der Waals surface area (Å²) in [5.41, 5.74) is 1.44. The molecule has 1 atom stereocenters. The molecule has 2 nitrogen and oxygen atoms in total. The lowest BCUT2D eigenvalue weighted by atomic mass is 10.1. The summed E-state index contributed by atoms with van der Waals surface area (Å²) in [5, 5.41) is 0. The van der Waals surface area contributed by atoms with Crippen LogP contribution in [-0.4, -0.2) is 22.9 Å². The zero-order valence-corrected chi connectivity index (χ0v) is 20.7. The SMILES string of the molecule is CCCCCCCCCCCN1C=CN(CCCCCCCCC)C1c1ccccc1. The predicted octanol–water partition coefficient (Wildman–Crippen LogP) is 9.06. The third-order valence-corrected chi connectivity index (χ3v) is 6.72. The van der Waals surface area contributed by atoms with Crippen LogP contribution in [0.5, 0.6) is 0 Å². The quantitative estimate of drug-likeness (QED) is 0.203. The molecule has 31 heavy (non-hydrogen) atoms. The highest BCUT2D eigenvalue weighted by molar-refractivity contribution is 5.21. The van der Waals surface area contributed by atoms with Crippen LogP contribution in [0.25, 0.3) is 0 Å². The van der Waals surface area contributed by atoms with Crippen molar-refractivity contribution in [1.29, 1.82) is 0 Å². The summed E-state index contributed by atoms with van der Waals surface area (Å²) in [4.78, 5) is 5.16. The minimum absolute atomic E-state index is 0.398. The van der Waals surface area contributed by atoms with E-state index in [9.17, 15) is 0 Å². The van der Waals surface area contributed by atoms with E-state index in [1.54, 1.807) is 0 Å². The Hall–Kier alpha value is -1.44. The van der Waals surface area contributed by atoms with Crippen LogP contribution in [0.3, 0.4) is 0 Å². The maximum atomic E-state index is 2.58. The molecule has 1 aliphatic rings. The smallest absolute Gasteiger partial charge is 0.127 e. The van der Waals surface area contributed by atoms with Gasteiger partial charge in [-0.25, -0.2) is 0 Å². The molecule has 1 aromatic rings. The zero-order valence-electron chi connectivity index (χ0n) is 20.7. The highest BCUT2D eigenvalue weighted by atomic mass is 15.4. The molecule has 0 spiro atoms. The van der Waals surface area contributed by atoms with E-state index in [4.69, 9.17) is 0 Å². The minimum atomic E-state index is 0.398. The molecule has 0 bridgehead atoms. The van der Waals surface area contributed by atoms with Crippen LogP contribution in [0, 0.1) is 0 Å². The van der Waals surface area contributed by atoms with E-state index >= 15 is 0 Å². The number of hydrogen-bond acceptors (Lipinski definition) is 2. The molecule has 0 amide bonds. The molecule has 0 aliphatic carbocycles. The standard InChI is InChI=1S/C29H50N2/c1-3-5-7-9-11-12-14-16-21-25-31-27-26-30(24-20-15-13-10-8-6-4-2)29(31)28-22-18-17-19-23-28/h17-19,22-23,26-27,29H,3-16,20-21,24-25H2,1-2H3. The normalized spacial score (nSPS) is 15.9. The van der Waals surface area contributed by atoms with Crippen LogP contribution in [0.15, 0.2) is 42.7 Å². The fourth-order valence-corrected chi connectivity index (χ4v) is 4.78. The molecule has 0 saturated carbocycles. The monoisotopic (exact) mass is 426 g/mol. The summed E-state index contributed by atoms with van der Waals surface area (Å²) in [6.45, 7) is 6.95. The van der Waals surface area contributed by atoms with Gasteiger partial charge in [-0.2, -0.15) is 0 Å². The average Bonchev–Trinajstić information content (AvgIpc) is 3.20. The van der Waals surface area contributed by atoms with Gasteiger partial charge in [0.15, 0.2) is 0 Å². The molecular formula is C29H50N2. The maximum absolute atomic E-state index is 2.58. The molecule has 0 radical (unpaired) electrons. The van der Waals surface area contributed by atoms with Gasteiger partial charge in [-0.1, -0.05) is 134 Å². The Balaban J connectivity index is 1.69. The number of unbranched alkanes of at least 4 members (excludes halogenated alkanes) is 14. The van der Waals surface area contributed by atoms with E-state index in [1.807, 2.05) is 0 Å². The van der Waals surface area contributed by atoms with Crippen molar-refractivity contribution in [2.24, 2.45) is 0 Å². The van der Waals surface area contributed by atoms with E-state index < -0.39 is 0 Å². The Morgan fingerprint density at radius 3 is 1.32 bits per heavy atom. The molecule has 1 unspecified atom stereocenters. The first-order valence-corrected chi connectivity index (χ1v) is 13.6. The minimum Gasteiger partial charge on any atom is -0.352 e. The Bertz CT molecular complexity index is 553. The number of rotatable bonds is 19. The van der Waals surface area contributed by atoms with Crippen molar-refractivity contribution < 1.29 is 0 Å². The summed E-state index contributed by atoms with van der Waals surface area (Å²) in [5.74, 6) is 0. The molecule has 1 aliphatic heterocycles. The third-order valence-electron chi connectivity index (χ3n) is 6.72. The van der Waals surface area contributed by atoms with Crippen LogP contribution in [-0.2, 0) is 0 Å². The van der Waals surface area contributed by atoms with Crippen molar-refractivity contribution >= 4 is 0 Å². The highest BCUT2D eigenvalue weighted by Crippen LogP contribution is 2.31. The Labute approximate surface area is 194 Å². The molecular weight excluding hydrogens is 376 g/mol. The summed E-state index contributed by atoms with van der Waals surface area (Å²) in [6.07, 6.45) is 27.3. The predicted molar refractivity (Wildman–Crippen MR) is 137 cm³/mol. The Kier molecular flexibility index (Phi) is 14.3. The summed E-state index contributed by atoms with van der Waals surface area (Å²) in [6, 6.07) is 11.1. The van der Waals surface area contributed by atoms with Crippen molar-refractivity contribution in [3.63, 3.8) is 0 Å². The van der Waals surface area contributed by atoms with E-state index in [-0.39, 0.29) is 0 Å². The van der Waals surface area contributed by atoms with Crippen molar-refractivity contribution in [1.82, 2.24) is 9.80 Å². The van der Waals surface area contributed by atoms with Crippen LogP contribution in [0.4, 0.5) is 0 Å². The van der Waals surface area contributed by atoms with Gasteiger partial charge in [0, 0.05) is 25.5 Å². The van der Waals surface area contributed by atoms with Gasteiger partial charge in [0.05, 0.1) is 0 Å². The average molecular weight is 427 g/mol. The van der Waals surface area contributed by atoms with E-state index in [0.29, 0.717) is 6.17 Å². The molecule has 1 heterocycles. The second kappa shape index (κ2) is 17.2. The van der Waals surface area contributed by atoms with Crippen molar-refractivity contribution in [3.05, 3.63) is 48.3 Å². The van der Waals surface area contributed by atoms with Gasteiger partial charge in [0.2, 0.25) is 0 Å². The van der Waals surface area contributed by atoms with Crippen molar-refractivity contribution in [2.45, 2.75) is 123 Å². The molecule has 1 aromatic carbocycles. The van der Waals surface area contributed by atoms with Gasteiger partial charge in [0.25, 0.3) is 0 Å². The first-order chi connectivity index (χ1) is 15.4. The summed E-state index contributed by atoms with van der Waals surface area (Å²) >= 11 is 0. The van der Waals surface area contributed by atoms with E-state index in [0.717, 1.165) is 0 Å². The van der Waals surface area contributed by atoms with Gasteiger partial charge in [0.1, 0.15) is 6.17 Å². The number of benzene rings is 1. The van der Waals surface area contributed by atoms with Gasteiger partial charge in [-0.05, 0) is 18.4 Å². The van der Waals surface area contributed by atoms with E-state index in [1.165, 1.54) is 121 Å². The lowest BCUT2D eigenvalue weighted by Gasteiger charge is -2.33. The van der Waals surface area contributed by atoms with Gasteiger partial charge in [-0.3, -0.25) is 0 Å². The second-order valence-corrected chi connectivity index (χ2v) is 9.51. The van der Waals surface area contributed by atoms with Gasteiger partial charge >= 0.3 is 0 Å². The largest absolute Gasteiger partial charge is 0.352 e. The molecule has 2 heteroatoms. The summed E-state index contributed by atoms with van der Waals surface area (Å²) in [7, 11) is 0. The zero-order chi connectivity index (χ0) is 22.0. The fraction of sp³-hybridized carbons (Fsp3) is 0.724. The van der Waals surface area contributed by atoms with Crippen LogP contribution >= 0.6 is 0 Å². The first-order valence-electron chi connectivity index (χ1n) is 13.6. The number of nitrogens with zero attached hydrogens (tertiary/aromatic N) is 2. The van der Waals surface area contributed by atoms with Crippen molar-refractivity contribution in [2.75, 3.05) is 13.1 Å². The van der Waals surface area contributed by atoms with Crippen molar-refractivity contribution in [3.8, 4) is 0 Å². The van der Waals surface area contributed by atoms with Gasteiger partial charge < -0.3 is 9.80 Å². The van der Waals surface area contributed by atoms with Crippen LogP contribution < -0.4 is 0 Å². The molecule has 2 rings (SSSR count). The molecule has 0 saturated heterocycles. The topological polar surface area (TPSA) is 6.48 Å². The Morgan fingerprint density at radius 2 is 0.903 bits per heavy atom. The van der Waals surface area contributed by atoms with Crippen LogP contribution in [0.1, 0.15) is 128 Å². The highest BCUT2D eigenvalue weighted by Gasteiger charge is 2.26. The third kappa shape index (κ3) is 10.6. The fourth-order valence-electron chi connectivity index (χ4n) is 4.78. The van der Waals surface area contributed by atoms with E-state index in [2.05, 4.69) is 66.4 Å². The maximum Gasteiger partial charge on any atom is 0.127 e. The van der Waals surface area contributed by atoms with Gasteiger partial charge in [-0.15, -0.1) is 0 Å². The Morgan fingerprint density at radius 1 is 0.516 bits per heavy atom. The molecule has 0 fully saturated rings. The molecule has 176 valence electrons. The first kappa shape index (κ1) is 25.8.